The molecule has 1 aromatic carbocycles. The minimum atomic E-state index is 0. The maximum absolute atomic E-state index is 5.72. The van der Waals surface area contributed by atoms with Crippen LogP contribution in [0, 0.1) is 5.92 Å². The summed E-state index contributed by atoms with van der Waals surface area (Å²) in [5, 5.41) is 0. The van der Waals surface area contributed by atoms with Crippen LogP contribution in [0.3, 0.4) is 0 Å². The van der Waals surface area contributed by atoms with Crippen LogP contribution in [0.4, 0.5) is 0 Å². The van der Waals surface area contributed by atoms with Gasteiger partial charge in [0.05, 0.1) is 0 Å². The summed E-state index contributed by atoms with van der Waals surface area (Å²) < 4.78 is 5.44. The Morgan fingerprint density at radius 3 is 2.60 bits per heavy atom. The van der Waals surface area contributed by atoms with Gasteiger partial charge in [0, 0.05) is 32.8 Å². The number of hydrogen-bond donors (Lipinski definition) is 1. The van der Waals surface area contributed by atoms with E-state index in [-0.39, 0.29) is 12.4 Å². The first-order chi connectivity index (χ1) is 9.38. The lowest BCUT2D eigenvalue weighted by Gasteiger charge is -2.23. The van der Waals surface area contributed by atoms with E-state index in [1.54, 1.807) is 0 Å². The highest BCUT2D eigenvalue weighted by Crippen LogP contribution is 2.16. The zero-order chi connectivity index (χ0) is 13.3. The predicted molar refractivity (Wildman–Crippen MR) is 86.4 cm³/mol. The normalized spacial score (nSPS) is 18.2. The molecule has 2 rings (SSSR count). The summed E-state index contributed by atoms with van der Waals surface area (Å²) in [4.78, 5) is 2.49. The first kappa shape index (κ1) is 17.4. The molecule has 0 amide bonds. The van der Waals surface area contributed by atoms with E-state index in [0.717, 1.165) is 51.7 Å². The fourth-order valence-corrected chi connectivity index (χ4v) is 2.63. The Balaban J connectivity index is 0.00000200. The Morgan fingerprint density at radius 1 is 1.15 bits per heavy atom. The number of benzene rings is 1. The third-order valence-electron chi connectivity index (χ3n) is 3.88. The van der Waals surface area contributed by atoms with Gasteiger partial charge in [-0.05, 0) is 37.3 Å². The van der Waals surface area contributed by atoms with Crippen molar-refractivity contribution in [1.82, 2.24) is 4.90 Å². The van der Waals surface area contributed by atoms with Gasteiger partial charge in [0.1, 0.15) is 0 Å². The summed E-state index contributed by atoms with van der Waals surface area (Å²) in [6.45, 7) is 5.91. The molecule has 0 saturated carbocycles. The van der Waals surface area contributed by atoms with Gasteiger partial charge in [-0.15, -0.1) is 12.4 Å². The van der Waals surface area contributed by atoms with Crippen LogP contribution in [0.25, 0.3) is 0 Å². The fraction of sp³-hybridized carbons (Fsp3) is 0.625. The van der Waals surface area contributed by atoms with Crippen molar-refractivity contribution in [3.63, 3.8) is 0 Å². The van der Waals surface area contributed by atoms with Gasteiger partial charge < -0.3 is 15.4 Å². The van der Waals surface area contributed by atoms with Gasteiger partial charge in [-0.3, -0.25) is 0 Å². The molecule has 0 aliphatic carbocycles. The topological polar surface area (TPSA) is 38.5 Å². The van der Waals surface area contributed by atoms with E-state index in [1.807, 2.05) is 0 Å². The van der Waals surface area contributed by atoms with E-state index < -0.39 is 0 Å². The van der Waals surface area contributed by atoms with E-state index >= 15 is 0 Å². The minimum absolute atomic E-state index is 0. The summed E-state index contributed by atoms with van der Waals surface area (Å²) in [6, 6.07) is 10.7. The Labute approximate surface area is 128 Å². The molecule has 1 unspecified atom stereocenters. The van der Waals surface area contributed by atoms with Crippen molar-refractivity contribution < 1.29 is 4.74 Å². The molecule has 20 heavy (non-hydrogen) atoms. The summed E-state index contributed by atoms with van der Waals surface area (Å²) in [5.74, 6) is 0.761. The lowest BCUT2D eigenvalue weighted by molar-refractivity contribution is 0.178. The number of hydrogen-bond acceptors (Lipinski definition) is 3. The number of halogens is 1. The monoisotopic (exact) mass is 298 g/mol. The molecule has 1 atom stereocenters. The Hall–Kier alpha value is -0.610. The quantitative estimate of drug-likeness (QED) is 0.800. The average Bonchev–Trinajstić information content (AvgIpc) is 2.96. The maximum Gasteiger partial charge on any atom is 0.0495 e. The average molecular weight is 299 g/mol. The number of nitrogens with zero attached hydrogens (tertiary/aromatic N) is 1. The highest BCUT2D eigenvalue weighted by molar-refractivity contribution is 5.85. The Morgan fingerprint density at radius 2 is 1.95 bits per heavy atom. The van der Waals surface area contributed by atoms with E-state index in [9.17, 15) is 0 Å². The van der Waals surface area contributed by atoms with Gasteiger partial charge in [0.2, 0.25) is 0 Å². The van der Waals surface area contributed by atoms with Crippen molar-refractivity contribution in [2.45, 2.75) is 19.3 Å². The van der Waals surface area contributed by atoms with Crippen LogP contribution in [0.1, 0.15) is 18.4 Å². The summed E-state index contributed by atoms with van der Waals surface area (Å²) in [5.41, 5.74) is 7.13. The van der Waals surface area contributed by atoms with E-state index in [4.69, 9.17) is 10.5 Å². The van der Waals surface area contributed by atoms with Gasteiger partial charge in [-0.25, -0.2) is 0 Å². The Bertz CT molecular complexity index is 342. The fourth-order valence-electron chi connectivity index (χ4n) is 2.63. The molecule has 1 aliphatic rings. The van der Waals surface area contributed by atoms with Crippen molar-refractivity contribution >= 4 is 12.4 Å². The summed E-state index contributed by atoms with van der Waals surface area (Å²) >= 11 is 0. The van der Waals surface area contributed by atoms with Gasteiger partial charge in [0.15, 0.2) is 0 Å². The van der Waals surface area contributed by atoms with Crippen LogP contribution < -0.4 is 5.73 Å². The largest absolute Gasteiger partial charge is 0.381 e. The lowest BCUT2D eigenvalue weighted by Crippen LogP contribution is -2.33. The molecule has 1 aliphatic heterocycles. The number of ether oxygens (including phenoxy) is 1. The number of rotatable bonds is 8. The molecule has 2 N–H and O–H groups in total. The molecule has 1 heterocycles. The zero-order valence-corrected chi connectivity index (χ0v) is 13.0. The van der Waals surface area contributed by atoms with Crippen LogP contribution in [-0.4, -0.2) is 44.3 Å². The second kappa shape index (κ2) is 10.2. The third kappa shape index (κ3) is 6.23. The van der Waals surface area contributed by atoms with Crippen molar-refractivity contribution in [3.8, 4) is 0 Å². The number of nitrogens with two attached hydrogens (primary N) is 1. The Kier molecular flexibility index (Phi) is 8.86. The molecule has 1 fully saturated rings. The third-order valence-corrected chi connectivity index (χ3v) is 3.88. The molecule has 0 spiro atoms. The van der Waals surface area contributed by atoms with E-state index in [0.29, 0.717) is 0 Å². The predicted octanol–water partition coefficient (Wildman–Crippen LogP) is 2.34. The van der Waals surface area contributed by atoms with E-state index in [1.165, 1.54) is 18.4 Å². The molecule has 0 radical (unpaired) electrons. The van der Waals surface area contributed by atoms with Gasteiger partial charge in [-0.2, -0.15) is 0 Å². The highest BCUT2D eigenvalue weighted by Gasteiger charge is 2.16. The smallest absolute Gasteiger partial charge is 0.0495 e. The molecule has 0 aromatic heterocycles. The molecule has 114 valence electrons. The standard InChI is InChI=1S/C16H26N2O.ClH/c17-9-12-18(11-7-16-8-13-19-14-16)10-6-15-4-2-1-3-5-15;/h1-5,16H,6-14,17H2;1H. The molecule has 4 heteroatoms. The molecule has 1 aromatic rings. The summed E-state index contributed by atoms with van der Waals surface area (Å²) in [7, 11) is 0. The zero-order valence-electron chi connectivity index (χ0n) is 12.2. The van der Waals surface area contributed by atoms with Crippen molar-refractivity contribution in [1.29, 1.82) is 0 Å². The van der Waals surface area contributed by atoms with Crippen molar-refractivity contribution in [2.75, 3.05) is 39.4 Å². The van der Waals surface area contributed by atoms with Gasteiger partial charge in [-0.1, -0.05) is 30.3 Å². The molecule has 3 nitrogen and oxygen atoms in total. The van der Waals surface area contributed by atoms with Crippen LogP contribution in [0.5, 0.6) is 0 Å². The van der Waals surface area contributed by atoms with Crippen LogP contribution in [0.2, 0.25) is 0 Å². The highest BCUT2D eigenvalue weighted by atomic mass is 35.5. The first-order valence-electron chi connectivity index (χ1n) is 7.42. The summed E-state index contributed by atoms with van der Waals surface area (Å²) in [6.07, 6.45) is 3.59. The van der Waals surface area contributed by atoms with Crippen LogP contribution in [0.15, 0.2) is 30.3 Å². The first-order valence-corrected chi connectivity index (χ1v) is 7.42. The van der Waals surface area contributed by atoms with Gasteiger partial charge >= 0.3 is 0 Å². The molecule has 1 saturated heterocycles. The maximum atomic E-state index is 5.72. The van der Waals surface area contributed by atoms with Gasteiger partial charge in [0.25, 0.3) is 0 Å². The molecule has 0 bridgehead atoms. The minimum Gasteiger partial charge on any atom is -0.381 e. The SMILES string of the molecule is Cl.NCCN(CCc1ccccc1)CCC1CCOC1. The van der Waals surface area contributed by atoms with Crippen LogP contribution in [-0.2, 0) is 11.2 Å². The lowest BCUT2D eigenvalue weighted by atomic mass is 10.0. The molecular formula is C16H27ClN2O. The second-order valence-electron chi connectivity index (χ2n) is 5.38. The molecular weight excluding hydrogens is 272 g/mol. The van der Waals surface area contributed by atoms with Crippen molar-refractivity contribution in [2.24, 2.45) is 11.7 Å². The van der Waals surface area contributed by atoms with E-state index in [2.05, 4.69) is 35.2 Å². The second-order valence-corrected chi connectivity index (χ2v) is 5.38. The van der Waals surface area contributed by atoms with Crippen molar-refractivity contribution in [3.05, 3.63) is 35.9 Å². The van der Waals surface area contributed by atoms with Crippen LogP contribution >= 0.6 is 12.4 Å².